The number of carbonyl (C=O) groups excluding carboxylic acids is 1. The number of hydrogen-bond acceptors (Lipinski definition) is 5. The number of rotatable bonds is 3. The van der Waals surface area contributed by atoms with Crippen molar-refractivity contribution < 1.29 is 4.79 Å². The Hall–Kier alpha value is -2.38. The molecule has 8 nitrogen and oxygen atoms in total. The third kappa shape index (κ3) is 3.44. The number of nitrogens with zero attached hydrogens (tertiary/aromatic N) is 6. The van der Waals surface area contributed by atoms with Crippen LogP contribution in [0.5, 0.6) is 0 Å². The maximum absolute atomic E-state index is 12.5. The van der Waals surface area contributed by atoms with Gasteiger partial charge in [0.2, 0.25) is 0 Å². The molecule has 3 aliphatic rings. The van der Waals surface area contributed by atoms with Gasteiger partial charge in [-0.25, -0.2) is 4.79 Å². The molecule has 0 unspecified atom stereocenters. The Morgan fingerprint density at radius 3 is 2.48 bits per heavy atom. The molecule has 144 valence electrons. The van der Waals surface area contributed by atoms with E-state index in [1.165, 1.54) is 32.1 Å². The van der Waals surface area contributed by atoms with Gasteiger partial charge in [-0.05, 0) is 37.8 Å². The van der Waals surface area contributed by atoms with Crippen molar-refractivity contribution in [1.82, 2.24) is 30.0 Å². The van der Waals surface area contributed by atoms with Crippen LogP contribution in [0.15, 0.2) is 12.1 Å². The molecule has 1 saturated heterocycles. The lowest BCUT2D eigenvalue weighted by Crippen LogP contribution is -2.53. The van der Waals surface area contributed by atoms with Crippen LogP contribution < -0.4 is 10.2 Å². The van der Waals surface area contributed by atoms with Crippen molar-refractivity contribution in [2.24, 2.45) is 0 Å². The van der Waals surface area contributed by atoms with Crippen LogP contribution in [0.3, 0.4) is 0 Å². The Balaban J connectivity index is 1.21. The van der Waals surface area contributed by atoms with Crippen LogP contribution in [0.4, 0.5) is 10.6 Å². The van der Waals surface area contributed by atoms with Crippen molar-refractivity contribution in [1.29, 1.82) is 0 Å². The summed E-state index contributed by atoms with van der Waals surface area (Å²) in [6, 6.07) is 4.46. The second-order valence-corrected chi connectivity index (χ2v) is 8.05. The number of piperazine rings is 1. The largest absolute Gasteiger partial charge is 0.352 e. The van der Waals surface area contributed by atoms with Crippen molar-refractivity contribution in [2.75, 3.05) is 31.1 Å². The van der Waals surface area contributed by atoms with E-state index < -0.39 is 0 Å². The summed E-state index contributed by atoms with van der Waals surface area (Å²) < 4.78 is 1.90. The van der Waals surface area contributed by atoms with Gasteiger partial charge >= 0.3 is 6.03 Å². The van der Waals surface area contributed by atoms with Gasteiger partial charge in [0.15, 0.2) is 11.5 Å². The molecule has 0 bridgehead atoms. The van der Waals surface area contributed by atoms with E-state index in [4.69, 9.17) is 5.10 Å². The minimum absolute atomic E-state index is 0.0970. The predicted molar refractivity (Wildman–Crippen MR) is 102 cm³/mol. The Labute approximate surface area is 158 Å². The molecule has 2 aromatic rings. The van der Waals surface area contributed by atoms with Crippen LogP contribution in [0.1, 0.15) is 56.7 Å². The maximum atomic E-state index is 12.5. The van der Waals surface area contributed by atoms with E-state index in [0.29, 0.717) is 12.0 Å². The third-order valence-corrected chi connectivity index (χ3v) is 6.04. The van der Waals surface area contributed by atoms with Crippen molar-refractivity contribution in [3.63, 3.8) is 0 Å². The zero-order chi connectivity index (χ0) is 18.2. The van der Waals surface area contributed by atoms with Crippen molar-refractivity contribution >= 4 is 17.5 Å². The predicted octanol–water partition coefficient (Wildman–Crippen LogP) is 2.17. The average molecular weight is 369 g/mol. The second-order valence-electron chi connectivity index (χ2n) is 8.05. The number of urea groups is 1. The average Bonchev–Trinajstić information content (AvgIpc) is 3.47. The number of carbonyl (C=O) groups is 1. The molecule has 27 heavy (non-hydrogen) atoms. The molecular weight excluding hydrogens is 342 g/mol. The van der Waals surface area contributed by atoms with Crippen LogP contribution in [0.25, 0.3) is 5.65 Å². The Morgan fingerprint density at radius 2 is 1.74 bits per heavy atom. The molecule has 2 aromatic heterocycles. The highest BCUT2D eigenvalue weighted by atomic mass is 16.2. The highest BCUT2D eigenvalue weighted by Gasteiger charge is 2.30. The number of aromatic nitrogens is 4. The van der Waals surface area contributed by atoms with E-state index in [2.05, 4.69) is 20.4 Å². The fraction of sp³-hybridized carbons (Fsp3) is 0.684. The Kier molecular flexibility index (Phi) is 4.33. The zero-order valence-electron chi connectivity index (χ0n) is 15.7. The summed E-state index contributed by atoms with van der Waals surface area (Å²) in [6.45, 7) is 3.07. The summed E-state index contributed by atoms with van der Waals surface area (Å²) in [5, 5.41) is 16.5. The Bertz CT molecular complexity index is 817. The summed E-state index contributed by atoms with van der Waals surface area (Å²) in [4.78, 5) is 16.7. The van der Waals surface area contributed by atoms with E-state index in [9.17, 15) is 4.79 Å². The van der Waals surface area contributed by atoms with Crippen molar-refractivity contribution in [3.8, 4) is 0 Å². The van der Waals surface area contributed by atoms with Crippen LogP contribution in [-0.2, 0) is 0 Å². The molecule has 1 aliphatic heterocycles. The minimum atomic E-state index is 0.0970. The lowest BCUT2D eigenvalue weighted by Gasteiger charge is -2.36. The molecule has 1 N–H and O–H groups in total. The van der Waals surface area contributed by atoms with Gasteiger partial charge in [0, 0.05) is 38.1 Å². The minimum Gasteiger partial charge on any atom is -0.352 e. The first-order valence-corrected chi connectivity index (χ1v) is 10.3. The highest BCUT2D eigenvalue weighted by molar-refractivity contribution is 5.75. The van der Waals surface area contributed by atoms with E-state index in [1.807, 2.05) is 21.5 Å². The molecule has 5 rings (SSSR count). The lowest BCUT2D eigenvalue weighted by molar-refractivity contribution is 0.186. The van der Waals surface area contributed by atoms with Crippen molar-refractivity contribution in [2.45, 2.75) is 56.9 Å². The van der Waals surface area contributed by atoms with Crippen LogP contribution in [0, 0.1) is 0 Å². The summed E-state index contributed by atoms with van der Waals surface area (Å²) in [5.41, 5.74) is 0.811. The van der Waals surface area contributed by atoms with E-state index in [-0.39, 0.29) is 6.03 Å². The summed E-state index contributed by atoms with van der Waals surface area (Å²) >= 11 is 0. The van der Waals surface area contributed by atoms with Crippen LogP contribution in [-0.4, -0.2) is 63.0 Å². The van der Waals surface area contributed by atoms with Gasteiger partial charge in [-0.15, -0.1) is 15.3 Å². The van der Waals surface area contributed by atoms with E-state index in [1.54, 1.807) is 0 Å². The van der Waals surface area contributed by atoms with Gasteiger partial charge in [0.25, 0.3) is 0 Å². The smallest absolute Gasteiger partial charge is 0.317 e. The highest BCUT2D eigenvalue weighted by Crippen LogP contribution is 2.38. The van der Waals surface area contributed by atoms with Gasteiger partial charge < -0.3 is 15.1 Å². The molecule has 0 atom stereocenters. The molecule has 0 spiro atoms. The lowest BCUT2D eigenvalue weighted by atomic mass is 9.96. The Morgan fingerprint density at radius 1 is 0.963 bits per heavy atom. The summed E-state index contributed by atoms with van der Waals surface area (Å²) in [7, 11) is 0. The van der Waals surface area contributed by atoms with Crippen LogP contribution >= 0.6 is 0 Å². The second kappa shape index (κ2) is 6.98. The first kappa shape index (κ1) is 16.8. The molecular formula is C19H27N7O. The monoisotopic (exact) mass is 369 g/mol. The molecule has 0 radical (unpaired) electrons. The third-order valence-electron chi connectivity index (χ3n) is 6.04. The number of amides is 2. The number of nitrogens with one attached hydrogen (secondary N) is 1. The molecule has 0 aromatic carbocycles. The fourth-order valence-corrected chi connectivity index (χ4v) is 4.21. The zero-order valence-corrected chi connectivity index (χ0v) is 15.7. The number of fused-ring (bicyclic) bond motifs is 1. The molecule has 2 amide bonds. The van der Waals surface area contributed by atoms with Gasteiger partial charge in [-0.3, -0.25) is 0 Å². The first-order chi connectivity index (χ1) is 13.3. The normalized spacial score (nSPS) is 21.6. The van der Waals surface area contributed by atoms with E-state index in [0.717, 1.165) is 56.3 Å². The van der Waals surface area contributed by atoms with Gasteiger partial charge in [-0.2, -0.15) is 4.52 Å². The van der Waals surface area contributed by atoms with E-state index >= 15 is 0 Å². The van der Waals surface area contributed by atoms with Gasteiger partial charge in [0.1, 0.15) is 5.82 Å². The topological polar surface area (TPSA) is 78.7 Å². The summed E-state index contributed by atoms with van der Waals surface area (Å²) in [6.07, 6.45) is 8.38. The molecule has 8 heteroatoms. The van der Waals surface area contributed by atoms with Gasteiger partial charge in [0.05, 0.1) is 0 Å². The maximum Gasteiger partial charge on any atom is 0.317 e. The van der Waals surface area contributed by atoms with Crippen LogP contribution in [0.2, 0.25) is 0 Å². The standard InChI is InChI=1S/C19H27N7O/c27-19(20-15-4-2-1-3-5-15)25-12-10-24(11-13-25)17-9-8-16-21-22-18(14-6-7-14)26(16)23-17/h8-9,14-15H,1-7,10-13H2,(H,20,27). The fourth-order valence-electron chi connectivity index (χ4n) is 4.21. The molecule has 3 heterocycles. The summed E-state index contributed by atoms with van der Waals surface area (Å²) in [5.74, 6) is 2.44. The molecule has 2 aliphatic carbocycles. The van der Waals surface area contributed by atoms with Gasteiger partial charge in [-0.1, -0.05) is 19.3 Å². The number of hydrogen-bond donors (Lipinski definition) is 1. The number of anilines is 1. The molecule has 3 fully saturated rings. The first-order valence-electron chi connectivity index (χ1n) is 10.3. The van der Waals surface area contributed by atoms with Crippen molar-refractivity contribution in [3.05, 3.63) is 18.0 Å². The SMILES string of the molecule is O=C(NC1CCCCC1)N1CCN(c2ccc3nnc(C4CC4)n3n2)CC1. The molecule has 2 saturated carbocycles. The quantitative estimate of drug-likeness (QED) is 0.897.